The predicted octanol–water partition coefficient (Wildman–Crippen LogP) is 4.49. The van der Waals surface area contributed by atoms with Crippen LogP contribution in [0.1, 0.15) is 65.5 Å². The minimum absolute atomic E-state index is 0.123. The summed E-state index contributed by atoms with van der Waals surface area (Å²) in [6.45, 7) is 11.2. The molecule has 1 heterocycles. The Morgan fingerprint density at radius 2 is 1.92 bits per heavy atom. The van der Waals surface area contributed by atoms with Crippen molar-refractivity contribution in [3.63, 3.8) is 0 Å². The first-order valence-corrected chi connectivity index (χ1v) is 9.02. The number of hydrogen-bond acceptors (Lipinski definition) is 4. The molecular weight excluding hydrogens is 304 g/mol. The summed E-state index contributed by atoms with van der Waals surface area (Å²) in [7, 11) is 0. The number of unbranched alkanes of at least 4 members (excludes halogenated alkanes) is 1. The summed E-state index contributed by atoms with van der Waals surface area (Å²) in [6, 6.07) is 3.63. The Kier molecular flexibility index (Phi) is 8.76. The monoisotopic (exact) mass is 336 g/mol. The zero-order valence-corrected chi connectivity index (χ0v) is 15.8. The molecule has 5 heteroatoms. The van der Waals surface area contributed by atoms with E-state index in [2.05, 4.69) is 24.1 Å². The Labute approximate surface area is 146 Å². The van der Waals surface area contributed by atoms with Crippen molar-refractivity contribution in [3.05, 3.63) is 17.8 Å². The van der Waals surface area contributed by atoms with Crippen molar-refractivity contribution in [2.45, 2.75) is 72.3 Å². The van der Waals surface area contributed by atoms with E-state index in [0.29, 0.717) is 31.2 Å². The van der Waals surface area contributed by atoms with E-state index in [-0.39, 0.29) is 5.91 Å². The molecule has 0 aliphatic heterocycles. The van der Waals surface area contributed by atoms with E-state index in [1.54, 1.807) is 6.07 Å². The van der Waals surface area contributed by atoms with E-state index in [1.807, 2.05) is 26.8 Å². The lowest BCUT2D eigenvalue weighted by molar-refractivity contribution is -0.140. The number of ether oxygens (including phenoxy) is 2. The van der Waals surface area contributed by atoms with Gasteiger partial charge in [0.25, 0.3) is 5.91 Å². The lowest BCUT2D eigenvalue weighted by atomic mass is 9.99. The molecule has 1 rings (SSSR count). The fourth-order valence-corrected chi connectivity index (χ4v) is 2.38. The van der Waals surface area contributed by atoms with Crippen LogP contribution >= 0.6 is 0 Å². The first-order chi connectivity index (χ1) is 11.5. The standard InChI is InChI=1S/C19H32N2O3/c1-6-9-14-23-17-11-10-16(15(4)20-17)21-18(22)19(5,12-7-2)24-13-8-3/h10-11H,6-9,12-14H2,1-5H3,(H,21,22). The van der Waals surface area contributed by atoms with Gasteiger partial charge < -0.3 is 14.8 Å². The van der Waals surface area contributed by atoms with Crippen LogP contribution in [-0.4, -0.2) is 29.7 Å². The third-order valence-electron chi connectivity index (χ3n) is 3.89. The van der Waals surface area contributed by atoms with Crippen molar-refractivity contribution < 1.29 is 14.3 Å². The molecule has 0 radical (unpaired) electrons. The number of aromatic nitrogens is 1. The molecule has 0 aromatic carbocycles. The summed E-state index contributed by atoms with van der Waals surface area (Å²) < 4.78 is 11.4. The van der Waals surface area contributed by atoms with Gasteiger partial charge in [-0.05, 0) is 39.2 Å². The molecule has 0 spiro atoms. The number of nitrogens with zero attached hydrogens (tertiary/aromatic N) is 1. The van der Waals surface area contributed by atoms with Crippen LogP contribution in [0.25, 0.3) is 0 Å². The molecular formula is C19H32N2O3. The summed E-state index contributed by atoms with van der Waals surface area (Å²) in [5.74, 6) is 0.472. The van der Waals surface area contributed by atoms with E-state index >= 15 is 0 Å². The van der Waals surface area contributed by atoms with Crippen LogP contribution in [0.15, 0.2) is 12.1 Å². The van der Waals surface area contributed by atoms with Crippen LogP contribution in [0.4, 0.5) is 5.69 Å². The fraction of sp³-hybridized carbons (Fsp3) is 0.684. The van der Waals surface area contributed by atoms with Gasteiger partial charge >= 0.3 is 0 Å². The van der Waals surface area contributed by atoms with Gasteiger partial charge in [0.05, 0.1) is 18.0 Å². The molecule has 0 saturated heterocycles. The average molecular weight is 336 g/mol. The number of pyridine rings is 1. The number of nitrogens with one attached hydrogen (secondary N) is 1. The number of rotatable bonds is 11. The molecule has 1 atom stereocenters. The molecule has 0 fully saturated rings. The highest BCUT2D eigenvalue weighted by molar-refractivity contribution is 5.97. The predicted molar refractivity (Wildman–Crippen MR) is 97.6 cm³/mol. The van der Waals surface area contributed by atoms with Crippen molar-refractivity contribution in [1.82, 2.24) is 4.98 Å². The number of anilines is 1. The Morgan fingerprint density at radius 3 is 2.50 bits per heavy atom. The molecule has 1 N–H and O–H groups in total. The highest BCUT2D eigenvalue weighted by Gasteiger charge is 2.33. The topological polar surface area (TPSA) is 60.5 Å². The molecule has 5 nitrogen and oxygen atoms in total. The summed E-state index contributed by atoms with van der Waals surface area (Å²) in [5, 5.41) is 2.96. The zero-order chi connectivity index (χ0) is 18.0. The van der Waals surface area contributed by atoms with Crippen molar-refractivity contribution >= 4 is 11.6 Å². The number of carbonyl (C=O) groups is 1. The quantitative estimate of drug-likeness (QED) is 0.605. The smallest absolute Gasteiger partial charge is 0.256 e. The Bertz CT molecular complexity index is 519. The highest BCUT2D eigenvalue weighted by atomic mass is 16.5. The van der Waals surface area contributed by atoms with E-state index in [4.69, 9.17) is 9.47 Å². The minimum atomic E-state index is -0.812. The summed E-state index contributed by atoms with van der Waals surface area (Å²) in [4.78, 5) is 17.1. The van der Waals surface area contributed by atoms with Crippen LogP contribution in [0, 0.1) is 6.92 Å². The van der Waals surface area contributed by atoms with Gasteiger partial charge in [0, 0.05) is 12.7 Å². The van der Waals surface area contributed by atoms with Crippen LogP contribution in [0.5, 0.6) is 5.88 Å². The van der Waals surface area contributed by atoms with Gasteiger partial charge in [-0.3, -0.25) is 4.79 Å². The van der Waals surface area contributed by atoms with E-state index in [0.717, 1.165) is 31.4 Å². The van der Waals surface area contributed by atoms with Crippen molar-refractivity contribution in [2.75, 3.05) is 18.5 Å². The van der Waals surface area contributed by atoms with Crippen LogP contribution in [0.2, 0.25) is 0 Å². The van der Waals surface area contributed by atoms with E-state index in [9.17, 15) is 4.79 Å². The Hall–Kier alpha value is -1.62. The van der Waals surface area contributed by atoms with Crippen LogP contribution < -0.4 is 10.1 Å². The van der Waals surface area contributed by atoms with Gasteiger partial charge in [-0.2, -0.15) is 0 Å². The zero-order valence-electron chi connectivity index (χ0n) is 15.8. The van der Waals surface area contributed by atoms with Crippen molar-refractivity contribution in [2.24, 2.45) is 0 Å². The molecule has 1 aromatic heterocycles. The molecule has 0 saturated carbocycles. The lowest BCUT2D eigenvalue weighted by Gasteiger charge is -2.28. The maximum Gasteiger partial charge on any atom is 0.256 e. The third kappa shape index (κ3) is 6.11. The van der Waals surface area contributed by atoms with Gasteiger partial charge in [0.2, 0.25) is 5.88 Å². The lowest BCUT2D eigenvalue weighted by Crippen LogP contribution is -2.43. The number of aryl methyl sites for hydroxylation is 1. The highest BCUT2D eigenvalue weighted by Crippen LogP contribution is 2.23. The molecule has 1 amide bonds. The van der Waals surface area contributed by atoms with Gasteiger partial charge in [-0.15, -0.1) is 0 Å². The maximum atomic E-state index is 12.7. The molecule has 0 aliphatic rings. The van der Waals surface area contributed by atoms with E-state index in [1.165, 1.54) is 0 Å². The second-order valence-corrected chi connectivity index (χ2v) is 6.27. The maximum absolute atomic E-state index is 12.7. The van der Waals surface area contributed by atoms with Crippen LogP contribution in [-0.2, 0) is 9.53 Å². The summed E-state index contributed by atoms with van der Waals surface area (Å²) >= 11 is 0. The summed E-state index contributed by atoms with van der Waals surface area (Å²) in [6.07, 6.45) is 4.54. The molecule has 0 bridgehead atoms. The van der Waals surface area contributed by atoms with Crippen molar-refractivity contribution in [1.29, 1.82) is 0 Å². The molecule has 24 heavy (non-hydrogen) atoms. The minimum Gasteiger partial charge on any atom is -0.478 e. The second kappa shape index (κ2) is 10.3. The van der Waals surface area contributed by atoms with Crippen molar-refractivity contribution in [3.8, 4) is 5.88 Å². The number of hydrogen-bond donors (Lipinski definition) is 1. The molecule has 1 aromatic rings. The Balaban J connectivity index is 2.77. The third-order valence-corrected chi connectivity index (χ3v) is 3.89. The van der Waals surface area contributed by atoms with E-state index < -0.39 is 5.60 Å². The largest absolute Gasteiger partial charge is 0.478 e. The fourth-order valence-electron chi connectivity index (χ4n) is 2.38. The van der Waals surface area contributed by atoms with Gasteiger partial charge in [0.1, 0.15) is 5.60 Å². The number of amides is 1. The molecule has 1 unspecified atom stereocenters. The van der Waals surface area contributed by atoms with Crippen LogP contribution in [0.3, 0.4) is 0 Å². The number of carbonyl (C=O) groups excluding carboxylic acids is 1. The van der Waals surface area contributed by atoms with Gasteiger partial charge in [-0.25, -0.2) is 4.98 Å². The van der Waals surface area contributed by atoms with Gasteiger partial charge in [-0.1, -0.05) is 33.6 Å². The average Bonchev–Trinajstić information content (AvgIpc) is 2.55. The second-order valence-electron chi connectivity index (χ2n) is 6.27. The first-order valence-electron chi connectivity index (χ1n) is 9.02. The molecule has 0 aliphatic carbocycles. The Morgan fingerprint density at radius 1 is 1.17 bits per heavy atom. The normalized spacial score (nSPS) is 13.4. The molecule has 136 valence electrons. The first kappa shape index (κ1) is 20.4. The SMILES string of the molecule is CCCCOc1ccc(NC(=O)C(C)(CCC)OCCC)c(C)n1. The summed E-state index contributed by atoms with van der Waals surface area (Å²) in [5.41, 5.74) is 0.630. The van der Waals surface area contributed by atoms with Gasteiger partial charge in [0.15, 0.2) is 0 Å².